The van der Waals surface area contributed by atoms with Crippen molar-refractivity contribution in [1.29, 1.82) is 0 Å². The summed E-state index contributed by atoms with van der Waals surface area (Å²) < 4.78 is 5.18. The van der Waals surface area contributed by atoms with Crippen LogP contribution in [0.25, 0.3) is 0 Å². The molecule has 0 radical (unpaired) electrons. The first-order valence-electron chi connectivity index (χ1n) is 5.61. The number of carboxylic acid groups (broad SMARTS) is 1. The van der Waals surface area contributed by atoms with Crippen molar-refractivity contribution in [2.75, 3.05) is 26.8 Å². The van der Waals surface area contributed by atoms with Crippen LogP contribution in [-0.4, -0.2) is 48.7 Å². The van der Waals surface area contributed by atoms with Gasteiger partial charge in [-0.3, -0.25) is 9.59 Å². The molecule has 94 valence electrons. The molecule has 0 spiro atoms. The number of likely N-dealkylation sites (N-methyl/N-ethyl adjacent to an activating group) is 1. The number of hydrogen-bond donors (Lipinski definition) is 1. The van der Waals surface area contributed by atoms with Gasteiger partial charge in [0.05, 0.1) is 0 Å². The molecule has 0 fully saturated rings. The number of ether oxygens (including phenoxy) is 1. The molecule has 0 aliphatic rings. The second-order valence-electron chi connectivity index (χ2n) is 3.72. The highest BCUT2D eigenvalue weighted by Crippen LogP contribution is 1.95. The zero-order chi connectivity index (χ0) is 12.4. The van der Waals surface area contributed by atoms with Crippen LogP contribution in [0.5, 0.6) is 0 Å². The van der Waals surface area contributed by atoms with Crippen LogP contribution in [0.2, 0.25) is 0 Å². The maximum atomic E-state index is 11.4. The Bertz CT molecular complexity index is 218. The Hall–Kier alpha value is -1.10. The van der Waals surface area contributed by atoms with Crippen LogP contribution in [0.15, 0.2) is 0 Å². The van der Waals surface area contributed by atoms with Gasteiger partial charge >= 0.3 is 5.97 Å². The Balaban J connectivity index is 3.53. The van der Waals surface area contributed by atoms with E-state index in [9.17, 15) is 9.59 Å². The van der Waals surface area contributed by atoms with E-state index in [4.69, 9.17) is 9.84 Å². The molecule has 0 heterocycles. The van der Waals surface area contributed by atoms with Crippen LogP contribution in [0.4, 0.5) is 0 Å². The molecule has 0 aromatic carbocycles. The van der Waals surface area contributed by atoms with E-state index >= 15 is 0 Å². The maximum Gasteiger partial charge on any atom is 0.303 e. The van der Waals surface area contributed by atoms with Gasteiger partial charge < -0.3 is 14.7 Å². The van der Waals surface area contributed by atoms with Crippen LogP contribution in [0, 0.1) is 0 Å². The summed E-state index contributed by atoms with van der Waals surface area (Å²) in [5.74, 6) is -0.929. The molecule has 0 rings (SSSR count). The number of nitrogens with zero attached hydrogens (tertiary/aromatic N) is 1. The third kappa shape index (κ3) is 8.23. The molecule has 16 heavy (non-hydrogen) atoms. The second kappa shape index (κ2) is 9.15. The SMILES string of the molecule is CCCCOCC(=O)N(C)CCCC(=O)O. The zero-order valence-corrected chi connectivity index (χ0v) is 10.1. The zero-order valence-electron chi connectivity index (χ0n) is 10.1. The predicted molar refractivity (Wildman–Crippen MR) is 60.2 cm³/mol. The lowest BCUT2D eigenvalue weighted by Gasteiger charge is -2.16. The van der Waals surface area contributed by atoms with Crippen LogP contribution < -0.4 is 0 Å². The van der Waals surface area contributed by atoms with Crippen molar-refractivity contribution in [2.45, 2.75) is 32.6 Å². The summed E-state index contributed by atoms with van der Waals surface area (Å²) in [5.41, 5.74) is 0. The topological polar surface area (TPSA) is 66.8 Å². The molecular formula is C11H21NO4. The fraction of sp³-hybridized carbons (Fsp3) is 0.818. The predicted octanol–water partition coefficient (Wildman–Crippen LogP) is 1.13. The lowest BCUT2D eigenvalue weighted by atomic mass is 10.3. The molecule has 0 saturated heterocycles. The number of rotatable bonds is 9. The molecule has 1 amide bonds. The highest BCUT2D eigenvalue weighted by molar-refractivity contribution is 5.77. The van der Waals surface area contributed by atoms with E-state index in [1.807, 2.05) is 0 Å². The third-order valence-electron chi connectivity index (χ3n) is 2.18. The van der Waals surface area contributed by atoms with Crippen LogP contribution >= 0.6 is 0 Å². The van der Waals surface area contributed by atoms with E-state index in [2.05, 4.69) is 6.92 Å². The Morgan fingerprint density at radius 1 is 1.31 bits per heavy atom. The minimum Gasteiger partial charge on any atom is -0.481 e. The van der Waals surface area contributed by atoms with Gasteiger partial charge in [-0.15, -0.1) is 0 Å². The largest absolute Gasteiger partial charge is 0.481 e. The fourth-order valence-electron chi connectivity index (χ4n) is 1.11. The molecule has 0 unspecified atom stereocenters. The van der Waals surface area contributed by atoms with Crippen molar-refractivity contribution in [2.24, 2.45) is 0 Å². The van der Waals surface area contributed by atoms with Crippen molar-refractivity contribution in [1.82, 2.24) is 4.90 Å². The molecule has 0 aromatic rings. The number of carbonyl (C=O) groups excluding carboxylic acids is 1. The van der Waals surface area contributed by atoms with Gasteiger partial charge in [0.15, 0.2) is 0 Å². The number of carbonyl (C=O) groups is 2. The van der Waals surface area contributed by atoms with E-state index in [0.717, 1.165) is 12.8 Å². The van der Waals surface area contributed by atoms with Crippen LogP contribution in [-0.2, 0) is 14.3 Å². The summed E-state index contributed by atoms with van der Waals surface area (Å²) in [7, 11) is 1.66. The van der Waals surface area contributed by atoms with Crippen LogP contribution in [0.1, 0.15) is 32.6 Å². The Kier molecular flexibility index (Phi) is 8.52. The molecule has 0 bridgehead atoms. The number of carboxylic acids is 1. The highest BCUT2D eigenvalue weighted by Gasteiger charge is 2.08. The molecule has 0 saturated carbocycles. The molecule has 5 heteroatoms. The van der Waals surface area contributed by atoms with Gasteiger partial charge in [0, 0.05) is 26.6 Å². The van der Waals surface area contributed by atoms with Crippen molar-refractivity contribution < 1.29 is 19.4 Å². The van der Waals surface area contributed by atoms with Gasteiger partial charge in [-0.05, 0) is 12.8 Å². The van der Waals surface area contributed by atoms with Crippen molar-refractivity contribution in [3.63, 3.8) is 0 Å². The third-order valence-corrected chi connectivity index (χ3v) is 2.18. The molecule has 0 aliphatic heterocycles. The first-order valence-corrected chi connectivity index (χ1v) is 5.61. The van der Waals surface area contributed by atoms with E-state index < -0.39 is 5.97 Å². The number of hydrogen-bond acceptors (Lipinski definition) is 3. The molecule has 1 N–H and O–H groups in total. The Morgan fingerprint density at radius 3 is 2.56 bits per heavy atom. The minimum atomic E-state index is -0.833. The summed E-state index contributed by atoms with van der Waals surface area (Å²) in [4.78, 5) is 23.2. The second-order valence-corrected chi connectivity index (χ2v) is 3.72. The van der Waals surface area contributed by atoms with Gasteiger partial charge in [-0.1, -0.05) is 13.3 Å². The smallest absolute Gasteiger partial charge is 0.303 e. The summed E-state index contributed by atoms with van der Waals surface area (Å²) in [6.07, 6.45) is 2.57. The van der Waals surface area contributed by atoms with E-state index in [-0.39, 0.29) is 18.9 Å². The summed E-state index contributed by atoms with van der Waals surface area (Å²) >= 11 is 0. The van der Waals surface area contributed by atoms with Gasteiger partial charge in [-0.2, -0.15) is 0 Å². The Labute approximate surface area is 96.4 Å². The van der Waals surface area contributed by atoms with E-state index in [1.165, 1.54) is 4.90 Å². The monoisotopic (exact) mass is 231 g/mol. The number of unbranched alkanes of at least 4 members (excludes halogenated alkanes) is 1. The Morgan fingerprint density at radius 2 is 2.00 bits per heavy atom. The van der Waals surface area contributed by atoms with Gasteiger partial charge in [0.1, 0.15) is 6.61 Å². The quantitative estimate of drug-likeness (QED) is 0.604. The van der Waals surface area contributed by atoms with Gasteiger partial charge in [0.25, 0.3) is 0 Å². The van der Waals surface area contributed by atoms with E-state index in [1.54, 1.807) is 7.05 Å². The lowest BCUT2D eigenvalue weighted by Crippen LogP contribution is -2.31. The normalized spacial score (nSPS) is 10.1. The van der Waals surface area contributed by atoms with Gasteiger partial charge in [0.2, 0.25) is 5.91 Å². The van der Waals surface area contributed by atoms with Crippen molar-refractivity contribution in [3.05, 3.63) is 0 Å². The standard InChI is InChI=1S/C11H21NO4/c1-3-4-8-16-9-10(13)12(2)7-5-6-11(14)15/h3-9H2,1-2H3,(H,14,15). The molecule has 0 aliphatic carbocycles. The number of aliphatic carboxylic acids is 1. The average molecular weight is 231 g/mol. The maximum absolute atomic E-state index is 11.4. The van der Waals surface area contributed by atoms with E-state index in [0.29, 0.717) is 19.6 Å². The van der Waals surface area contributed by atoms with Crippen molar-refractivity contribution >= 4 is 11.9 Å². The summed E-state index contributed by atoms with van der Waals surface area (Å²) in [5, 5.41) is 8.44. The average Bonchev–Trinajstić information content (AvgIpc) is 2.23. The summed E-state index contributed by atoms with van der Waals surface area (Å²) in [6, 6.07) is 0. The van der Waals surface area contributed by atoms with Gasteiger partial charge in [-0.25, -0.2) is 0 Å². The first kappa shape index (κ1) is 14.9. The van der Waals surface area contributed by atoms with Crippen LogP contribution in [0.3, 0.4) is 0 Å². The minimum absolute atomic E-state index is 0.0869. The highest BCUT2D eigenvalue weighted by atomic mass is 16.5. The fourth-order valence-corrected chi connectivity index (χ4v) is 1.11. The first-order chi connectivity index (χ1) is 7.57. The molecule has 0 atom stereocenters. The molecule has 5 nitrogen and oxygen atoms in total. The summed E-state index contributed by atoms with van der Waals surface area (Å²) in [6.45, 7) is 3.21. The lowest BCUT2D eigenvalue weighted by molar-refractivity contribution is -0.138. The number of amides is 1. The molecule has 0 aromatic heterocycles. The van der Waals surface area contributed by atoms with Crippen molar-refractivity contribution in [3.8, 4) is 0 Å². The molecular weight excluding hydrogens is 210 g/mol.